The predicted octanol–water partition coefficient (Wildman–Crippen LogP) is 5.59. The Labute approximate surface area is 256 Å². The quantitative estimate of drug-likeness (QED) is 0.252. The number of carbonyl (C=O) groups is 2. The number of hydrogen-bond acceptors (Lipinski definition) is 6. The standard InChI is InChI=1S/C33H40BrN5O3/c1-42-29-7-5-6-25(20-29)22-35-37-33(41)30-21-27(34)12-13-31(30)36-32(40)26-10-8-24(9-11-26)23-38-18-14-28(15-19-38)39-16-3-2-4-17-39/h5-13,20-21,28,35H,2-4,14-19,22-23H2,1H3,(H,36,40)(H,37,41). The average molecular weight is 635 g/mol. The minimum absolute atomic E-state index is 0.260. The zero-order chi connectivity index (χ0) is 29.3. The minimum atomic E-state index is -0.353. The summed E-state index contributed by atoms with van der Waals surface area (Å²) in [7, 11) is 1.62. The van der Waals surface area contributed by atoms with Gasteiger partial charge in [0.15, 0.2) is 0 Å². The van der Waals surface area contributed by atoms with Crippen molar-refractivity contribution in [2.45, 2.75) is 51.2 Å². The van der Waals surface area contributed by atoms with E-state index in [1.807, 2.05) is 48.5 Å². The predicted molar refractivity (Wildman–Crippen MR) is 170 cm³/mol. The van der Waals surface area contributed by atoms with Gasteiger partial charge in [-0.1, -0.05) is 46.6 Å². The molecule has 3 aromatic rings. The lowest BCUT2D eigenvalue weighted by Crippen LogP contribution is -2.46. The lowest BCUT2D eigenvalue weighted by atomic mass is 9.99. The zero-order valence-corrected chi connectivity index (χ0v) is 25.8. The fourth-order valence-electron chi connectivity index (χ4n) is 5.83. The molecular formula is C33H40BrN5O3. The number of hydrazine groups is 1. The van der Waals surface area contributed by atoms with Crippen molar-refractivity contribution < 1.29 is 14.3 Å². The maximum Gasteiger partial charge on any atom is 0.267 e. The van der Waals surface area contributed by atoms with Gasteiger partial charge in [-0.15, -0.1) is 0 Å². The second kappa shape index (κ2) is 14.8. The van der Waals surface area contributed by atoms with Gasteiger partial charge in [0.25, 0.3) is 11.8 Å². The fraction of sp³-hybridized carbons (Fsp3) is 0.394. The van der Waals surface area contributed by atoms with Crippen molar-refractivity contribution in [2.24, 2.45) is 0 Å². The Morgan fingerprint density at radius 1 is 0.881 bits per heavy atom. The van der Waals surface area contributed by atoms with E-state index in [2.05, 4.69) is 41.9 Å². The number of ether oxygens (including phenoxy) is 1. The summed E-state index contributed by atoms with van der Waals surface area (Å²) in [6.07, 6.45) is 6.55. The third-order valence-electron chi connectivity index (χ3n) is 8.19. The maximum absolute atomic E-state index is 13.1. The van der Waals surface area contributed by atoms with Crippen molar-refractivity contribution in [3.8, 4) is 5.75 Å². The minimum Gasteiger partial charge on any atom is -0.497 e. The highest BCUT2D eigenvalue weighted by Crippen LogP contribution is 2.24. The van der Waals surface area contributed by atoms with E-state index in [9.17, 15) is 9.59 Å². The van der Waals surface area contributed by atoms with Crippen molar-refractivity contribution in [3.63, 3.8) is 0 Å². The first-order valence-electron chi connectivity index (χ1n) is 14.8. The van der Waals surface area contributed by atoms with Crippen LogP contribution in [0.3, 0.4) is 0 Å². The number of likely N-dealkylation sites (tertiary alicyclic amines) is 2. The van der Waals surface area contributed by atoms with E-state index in [4.69, 9.17) is 4.74 Å². The molecule has 0 saturated carbocycles. The van der Waals surface area contributed by atoms with Crippen LogP contribution in [0, 0.1) is 0 Å². The Hall–Kier alpha value is -3.24. The SMILES string of the molecule is COc1cccc(CNNC(=O)c2cc(Br)ccc2NC(=O)c2ccc(CN3CCC(N4CCCCC4)CC3)cc2)c1. The lowest BCUT2D eigenvalue weighted by Gasteiger charge is -2.40. The van der Waals surface area contributed by atoms with Crippen molar-refractivity contribution in [1.29, 1.82) is 0 Å². The van der Waals surface area contributed by atoms with Gasteiger partial charge in [0.2, 0.25) is 0 Å². The lowest BCUT2D eigenvalue weighted by molar-refractivity contribution is 0.0896. The van der Waals surface area contributed by atoms with Crippen molar-refractivity contribution in [1.82, 2.24) is 20.7 Å². The molecule has 0 aliphatic carbocycles. The summed E-state index contributed by atoms with van der Waals surface area (Å²) in [4.78, 5) is 31.4. The molecule has 0 spiro atoms. The molecule has 2 aliphatic heterocycles. The van der Waals surface area contributed by atoms with Gasteiger partial charge in [-0.25, -0.2) is 5.43 Å². The second-order valence-electron chi connectivity index (χ2n) is 11.1. The summed E-state index contributed by atoms with van der Waals surface area (Å²) in [5.74, 6) is 0.136. The number of nitrogens with zero attached hydrogens (tertiary/aromatic N) is 2. The normalized spacial score (nSPS) is 16.6. The van der Waals surface area contributed by atoms with Gasteiger partial charge >= 0.3 is 0 Å². The molecule has 3 N–H and O–H groups in total. The third-order valence-corrected chi connectivity index (χ3v) is 8.68. The molecule has 0 unspecified atom stereocenters. The second-order valence-corrected chi connectivity index (χ2v) is 12.0. The number of anilines is 1. The third kappa shape index (κ3) is 8.19. The van der Waals surface area contributed by atoms with Crippen LogP contribution in [-0.2, 0) is 13.1 Å². The molecule has 2 amide bonds. The smallest absolute Gasteiger partial charge is 0.267 e. The molecule has 222 valence electrons. The number of rotatable bonds is 10. The molecule has 8 nitrogen and oxygen atoms in total. The van der Waals surface area contributed by atoms with Gasteiger partial charge in [-0.05, 0) is 105 Å². The van der Waals surface area contributed by atoms with Crippen molar-refractivity contribution in [3.05, 3.63) is 93.5 Å². The largest absolute Gasteiger partial charge is 0.497 e. The summed E-state index contributed by atoms with van der Waals surface area (Å²) in [6, 6.07) is 21.3. The number of halogens is 1. The molecule has 9 heteroatoms. The van der Waals surface area contributed by atoms with E-state index in [0.717, 1.165) is 41.5 Å². The molecule has 2 heterocycles. The van der Waals surface area contributed by atoms with Crippen molar-refractivity contribution >= 4 is 33.4 Å². The molecule has 2 saturated heterocycles. The molecule has 3 aromatic carbocycles. The number of benzene rings is 3. The molecular weight excluding hydrogens is 594 g/mol. The van der Waals surface area contributed by atoms with Gasteiger partial charge in [0.1, 0.15) is 5.75 Å². The van der Waals surface area contributed by atoms with Crippen LogP contribution >= 0.6 is 15.9 Å². The Morgan fingerprint density at radius 3 is 2.38 bits per heavy atom. The van der Waals surface area contributed by atoms with Crippen LogP contribution in [-0.4, -0.2) is 60.9 Å². The summed E-state index contributed by atoms with van der Waals surface area (Å²) >= 11 is 3.44. The van der Waals surface area contributed by atoms with E-state index < -0.39 is 0 Å². The molecule has 5 rings (SSSR count). The molecule has 2 fully saturated rings. The van der Waals surface area contributed by atoms with Gasteiger partial charge in [0.05, 0.1) is 18.4 Å². The monoisotopic (exact) mass is 633 g/mol. The summed E-state index contributed by atoms with van der Waals surface area (Å²) in [6.45, 7) is 6.08. The van der Waals surface area contributed by atoms with Crippen LogP contribution in [0.15, 0.2) is 71.2 Å². The summed E-state index contributed by atoms with van der Waals surface area (Å²) in [5, 5.41) is 2.91. The van der Waals surface area contributed by atoms with Crippen LogP contribution in [0.25, 0.3) is 0 Å². The van der Waals surface area contributed by atoms with E-state index in [0.29, 0.717) is 23.4 Å². The van der Waals surface area contributed by atoms with Gasteiger partial charge in [0, 0.05) is 29.2 Å². The maximum atomic E-state index is 13.1. The molecule has 0 bridgehead atoms. The van der Waals surface area contributed by atoms with Crippen LogP contribution in [0.5, 0.6) is 5.75 Å². The first-order chi connectivity index (χ1) is 20.5. The highest BCUT2D eigenvalue weighted by molar-refractivity contribution is 9.10. The van der Waals surface area contributed by atoms with Crippen LogP contribution in [0.1, 0.15) is 63.9 Å². The van der Waals surface area contributed by atoms with Gasteiger partial charge < -0.3 is 15.0 Å². The van der Waals surface area contributed by atoms with Gasteiger partial charge in [-0.2, -0.15) is 0 Å². The zero-order valence-electron chi connectivity index (χ0n) is 24.2. The van der Waals surface area contributed by atoms with Crippen LogP contribution in [0.4, 0.5) is 5.69 Å². The highest BCUT2D eigenvalue weighted by atomic mass is 79.9. The first kappa shape index (κ1) is 30.2. The number of hydrogen-bond donors (Lipinski definition) is 3. The van der Waals surface area contributed by atoms with E-state index in [1.165, 1.54) is 50.8 Å². The topological polar surface area (TPSA) is 85.9 Å². The number of piperidine rings is 2. The first-order valence-corrected chi connectivity index (χ1v) is 15.6. The molecule has 0 radical (unpaired) electrons. The van der Waals surface area contributed by atoms with E-state index in [1.54, 1.807) is 25.3 Å². The van der Waals surface area contributed by atoms with Crippen LogP contribution < -0.4 is 20.9 Å². The number of methoxy groups -OCH3 is 1. The molecule has 0 aromatic heterocycles. The van der Waals surface area contributed by atoms with E-state index in [-0.39, 0.29) is 11.8 Å². The van der Waals surface area contributed by atoms with Crippen LogP contribution in [0.2, 0.25) is 0 Å². The fourth-order valence-corrected chi connectivity index (χ4v) is 6.19. The Balaban J connectivity index is 1.13. The summed E-state index contributed by atoms with van der Waals surface area (Å²) < 4.78 is 5.99. The van der Waals surface area contributed by atoms with E-state index >= 15 is 0 Å². The van der Waals surface area contributed by atoms with Crippen molar-refractivity contribution in [2.75, 3.05) is 38.6 Å². The Kier molecular flexibility index (Phi) is 10.6. The summed E-state index contributed by atoms with van der Waals surface area (Å²) in [5.41, 5.74) is 9.17. The average Bonchev–Trinajstić information content (AvgIpc) is 3.03. The molecule has 2 aliphatic rings. The molecule has 0 atom stereocenters. The number of carbonyl (C=O) groups excluding carboxylic acids is 2. The number of nitrogens with one attached hydrogen (secondary N) is 3. The van der Waals surface area contributed by atoms with Gasteiger partial charge in [-0.3, -0.25) is 19.9 Å². The Morgan fingerprint density at radius 2 is 1.64 bits per heavy atom. The number of amides is 2. The molecule has 42 heavy (non-hydrogen) atoms. The highest BCUT2D eigenvalue weighted by Gasteiger charge is 2.25. The Bertz CT molecular complexity index is 1350.